The third-order valence-corrected chi connectivity index (χ3v) is 4.23. The first-order valence-electron chi connectivity index (χ1n) is 7.26. The van der Waals surface area contributed by atoms with Gasteiger partial charge in [-0.15, -0.1) is 0 Å². The Morgan fingerprint density at radius 1 is 1.27 bits per heavy atom. The lowest BCUT2D eigenvalue weighted by Crippen LogP contribution is -2.24. The van der Waals surface area contributed by atoms with E-state index in [4.69, 9.17) is 9.47 Å². The zero-order chi connectivity index (χ0) is 15.5. The summed E-state index contributed by atoms with van der Waals surface area (Å²) < 4.78 is 10.8. The average Bonchev–Trinajstić information content (AvgIpc) is 3.02. The monoisotopic (exact) mass is 300 g/mol. The van der Waals surface area contributed by atoms with E-state index in [9.17, 15) is 14.4 Å². The number of hydrogen-bond donors (Lipinski definition) is 0. The van der Waals surface area contributed by atoms with Crippen LogP contribution in [0.25, 0.3) is 0 Å². The number of ether oxygens (including phenoxy) is 2. The molecule has 0 unspecified atom stereocenters. The van der Waals surface area contributed by atoms with Crippen LogP contribution in [-0.2, 0) is 19.1 Å². The van der Waals surface area contributed by atoms with E-state index >= 15 is 0 Å². The molecule has 2 aliphatic rings. The van der Waals surface area contributed by atoms with E-state index < -0.39 is 5.97 Å². The highest BCUT2D eigenvalue weighted by molar-refractivity contribution is 5.89. The molecule has 0 radical (unpaired) electrons. The molecule has 1 aromatic rings. The van der Waals surface area contributed by atoms with Crippen molar-refractivity contribution in [3.05, 3.63) is 48.0 Å². The van der Waals surface area contributed by atoms with Crippen molar-refractivity contribution < 1.29 is 23.9 Å². The summed E-state index contributed by atoms with van der Waals surface area (Å²) in [4.78, 5) is 34.2. The minimum Gasteiger partial charge on any atom is -0.462 e. The fraction of sp³-hybridized carbons (Fsp3) is 0.353. The van der Waals surface area contributed by atoms with E-state index in [-0.39, 0.29) is 30.0 Å². The summed E-state index contributed by atoms with van der Waals surface area (Å²) >= 11 is 0. The molecule has 0 N–H and O–H groups in total. The number of aldehydes is 1. The van der Waals surface area contributed by atoms with Crippen LogP contribution in [0.1, 0.15) is 23.2 Å². The molecule has 1 aliphatic carbocycles. The molecular weight excluding hydrogens is 284 g/mol. The van der Waals surface area contributed by atoms with Crippen LogP contribution in [-0.4, -0.2) is 30.4 Å². The molecule has 2 fully saturated rings. The van der Waals surface area contributed by atoms with E-state index in [0.29, 0.717) is 24.7 Å². The quantitative estimate of drug-likeness (QED) is 0.483. The molecule has 3 rings (SSSR count). The highest BCUT2D eigenvalue weighted by atomic mass is 16.6. The number of carbonyl (C=O) groups is 3. The van der Waals surface area contributed by atoms with Crippen LogP contribution in [0.3, 0.4) is 0 Å². The number of rotatable bonds is 4. The molecule has 22 heavy (non-hydrogen) atoms. The minimum atomic E-state index is -0.401. The van der Waals surface area contributed by atoms with Gasteiger partial charge in [-0.1, -0.05) is 24.3 Å². The lowest BCUT2D eigenvalue weighted by Gasteiger charge is -2.19. The Bertz CT molecular complexity index is 607. The minimum absolute atomic E-state index is 0.0303. The Balaban J connectivity index is 1.75. The summed E-state index contributed by atoms with van der Waals surface area (Å²) in [6.45, 7) is 0. The van der Waals surface area contributed by atoms with Gasteiger partial charge in [-0.2, -0.15) is 0 Å². The number of carbonyl (C=O) groups excluding carboxylic acids is 3. The van der Waals surface area contributed by atoms with Gasteiger partial charge in [0.15, 0.2) is 0 Å². The molecule has 5 nitrogen and oxygen atoms in total. The molecule has 1 saturated carbocycles. The Labute approximate surface area is 127 Å². The van der Waals surface area contributed by atoms with Crippen molar-refractivity contribution in [1.29, 1.82) is 0 Å². The van der Waals surface area contributed by atoms with Gasteiger partial charge in [0.2, 0.25) is 0 Å². The zero-order valence-electron chi connectivity index (χ0n) is 11.9. The normalized spacial score (nSPS) is 30.1. The van der Waals surface area contributed by atoms with Gasteiger partial charge in [0.05, 0.1) is 12.0 Å². The molecule has 1 aromatic carbocycles. The Morgan fingerprint density at radius 2 is 2.05 bits per heavy atom. The molecule has 5 heteroatoms. The summed E-state index contributed by atoms with van der Waals surface area (Å²) in [7, 11) is 0. The average molecular weight is 300 g/mol. The van der Waals surface area contributed by atoms with E-state index in [1.807, 2.05) is 6.07 Å². The highest BCUT2D eigenvalue weighted by Gasteiger charge is 2.50. The Hall–Kier alpha value is -2.43. The summed E-state index contributed by atoms with van der Waals surface area (Å²) in [6, 6.07) is 8.74. The molecule has 1 heterocycles. The largest absolute Gasteiger partial charge is 0.462 e. The number of allylic oxidation sites excluding steroid dienone is 1. The van der Waals surface area contributed by atoms with Gasteiger partial charge in [-0.05, 0) is 18.2 Å². The maximum atomic E-state index is 12.2. The number of fused-ring (bicyclic) bond motifs is 1. The standard InChI is InChI=1S/C17H16O5/c18-8-4-7-12-13-9-16(19)21-15(13)10-14(12)22-17(20)11-5-2-1-3-6-11/h1-8,12-15H,9-10H2/t12-,13-,14-,15+/m1/s1. The summed E-state index contributed by atoms with van der Waals surface area (Å²) in [6.07, 6.45) is 3.94. The fourth-order valence-corrected chi connectivity index (χ4v) is 3.24. The van der Waals surface area contributed by atoms with E-state index in [0.717, 1.165) is 0 Å². The second-order valence-corrected chi connectivity index (χ2v) is 5.54. The summed E-state index contributed by atoms with van der Waals surface area (Å²) in [5.74, 6) is -0.833. The third-order valence-electron chi connectivity index (χ3n) is 4.23. The lowest BCUT2D eigenvalue weighted by molar-refractivity contribution is -0.141. The van der Waals surface area contributed by atoms with Gasteiger partial charge >= 0.3 is 11.9 Å². The topological polar surface area (TPSA) is 69.7 Å². The second kappa shape index (κ2) is 6.13. The van der Waals surface area contributed by atoms with Crippen molar-refractivity contribution in [2.24, 2.45) is 11.8 Å². The Morgan fingerprint density at radius 3 is 2.77 bits per heavy atom. The maximum absolute atomic E-state index is 12.2. The van der Waals surface area contributed by atoms with Crippen LogP contribution >= 0.6 is 0 Å². The Kier molecular flexibility index (Phi) is 4.04. The van der Waals surface area contributed by atoms with Crippen molar-refractivity contribution in [3.63, 3.8) is 0 Å². The molecule has 114 valence electrons. The summed E-state index contributed by atoms with van der Waals surface area (Å²) in [5, 5.41) is 0. The molecule has 0 aromatic heterocycles. The number of esters is 2. The molecule has 1 saturated heterocycles. The first-order valence-corrected chi connectivity index (χ1v) is 7.26. The van der Waals surface area contributed by atoms with Crippen molar-refractivity contribution >= 4 is 18.2 Å². The SMILES string of the molecule is O=CC=C[C@@H]1[C@H]2CC(=O)O[C@H]2C[C@H]1OC(=O)c1ccccc1. The predicted molar refractivity (Wildman–Crippen MR) is 76.9 cm³/mol. The van der Waals surface area contributed by atoms with Crippen LogP contribution < -0.4 is 0 Å². The second-order valence-electron chi connectivity index (χ2n) is 5.54. The number of benzene rings is 1. The highest BCUT2D eigenvalue weighted by Crippen LogP contribution is 2.43. The smallest absolute Gasteiger partial charge is 0.338 e. The fourth-order valence-electron chi connectivity index (χ4n) is 3.24. The number of hydrogen-bond acceptors (Lipinski definition) is 5. The molecule has 0 bridgehead atoms. The van der Waals surface area contributed by atoms with E-state index in [1.54, 1.807) is 30.3 Å². The molecule has 0 amide bonds. The van der Waals surface area contributed by atoms with E-state index in [2.05, 4.69) is 0 Å². The van der Waals surface area contributed by atoms with Crippen LogP contribution in [0.15, 0.2) is 42.5 Å². The molecular formula is C17H16O5. The van der Waals surface area contributed by atoms with E-state index in [1.165, 1.54) is 6.08 Å². The molecule has 1 aliphatic heterocycles. The van der Waals surface area contributed by atoms with Crippen molar-refractivity contribution in [2.75, 3.05) is 0 Å². The van der Waals surface area contributed by atoms with Crippen molar-refractivity contribution in [1.82, 2.24) is 0 Å². The van der Waals surface area contributed by atoms with Crippen molar-refractivity contribution in [3.8, 4) is 0 Å². The van der Waals surface area contributed by atoms with Gasteiger partial charge < -0.3 is 9.47 Å². The van der Waals surface area contributed by atoms with Crippen LogP contribution in [0.2, 0.25) is 0 Å². The maximum Gasteiger partial charge on any atom is 0.338 e. The van der Waals surface area contributed by atoms with Crippen LogP contribution in [0.5, 0.6) is 0 Å². The van der Waals surface area contributed by atoms with Gasteiger partial charge in [0.25, 0.3) is 0 Å². The third kappa shape index (κ3) is 2.79. The molecule has 0 spiro atoms. The summed E-state index contributed by atoms with van der Waals surface area (Å²) in [5.41, 5.74) is 0.481. The van der Waals surface area contributed by atoms with Gasteiger partial charge in [0, 0.05) is 18.3 Å². The zero-order valence-corrected chi connectivity index (χ0v) is 11.9. The van der Waals surface area contributed by atoms with Gasteiger partial charge in [-0.25, -0.2) is 4.79 Å². The van der Waals surface area contributed by atoms with Crippen molar-refractivity contribution in [2.45, 2.75) is 25.0 Å². The van der Waals surface area contributed by atoms with Crippen LogP contribution in [0, 0.1) is 11.8 Å². The van der Waals surface area contributed by atoms with Gasteiger partial charge in [-0.3, -0.25) is 9.59 Å². The van der Waals surface area contributed by atoms with Gasteiger partial charge in [0.1, 0.15) is 18.5 Å². The molecule has 4 atom stereocenters. The first kappa shape index (κ1) is 14.5. The predicted octanol–water partition coefficient (Wildman–Crippen LogP) is 1.92. The lowest BCUT2D eigenvalue weighted by atomic mass is 9.92. The first-order chi connectivity index (χ1) is 10.7. The van der Waals surface area contributed by atoms with Crippen LogP contribution in [0.4, 0.5) is 0 Å².